The van der Waals surface area contributed by atoms with Crippen LogP contribution in [0.15, 0.2) is 11.5 Å². The molecule has 1 amide bonds. The van der Waals surface area contributed by atoms with Crippen molar-refractivity contribution in [2.24, 2.45) is 0 Å². The summed E-state index contributed by atoms with van der Waals surface area (Å²) >= 11 is 0. The van der Waals surface area contributed by atoms with Gasteiger partial charge in [0, 0.05) is 26.6 Å². The second-order valence-corrected chi connectivity index (χ2v) is 8.99. The number of aliphatic hydroxyl groups excluding tert-OH is 1. The van der Waals surface area contributed by atoms with Crippen LogP contribution in [0.1, 0.15) is 70.6 Å². The molecule has 0 atom stereocenters. The predicted octanol–water partition coefficient (Wildman–Crippen LogP) is 6.54. The number of allylic oxidation sites excluding steroid dienone is 1. The third-order valence-corrected chi connectivity index (χ3v) is 4.65. The van der Waals surface area contributed by atoms with E-state index in [-0.39, 0.29) is 18.9 Å². The highest BCUT2D eigenvalue weighted by molar-refractivity contribution is 8.48. The number of rotatable bonds is 15. The Balaban J connectivity index is 3.63. The van der Waals surface area contributed by atoms with Gasteiger partial charge in [-0.3, -0.25) is 4.79 Å². The SMILES string of the molecule is CN(CCCCCCO)C(=O)CCCCCCC/C=C/S(F)(F)(F)(F)F. The smallest absolute Gasteiger partial charge is 0.304 e. The van der Waals surface area contributed by atoms with Crippen molar-refractivity contribution in [3.05, 3.63) is 11.5 Å². The monoisotopic (exact) mass is 409 g/mol. The maximum atomic E-state index is 12.0. The lowest BCUT2D eigenvalue weighted by Crippen LogP contribution is -2.27. The fourth-order valence-corrected chi connectivity index (χ4v) is 2.95. The van der Waals surface area contributed by atoms with Crippen LogP contribution in [0.2, 0.25) is 0 Å². The van der Waals surface area contributed by atoms with Gasteiger partial charge in [-0.15, -0.1) is 0 Å². The molecule has 0 spiro atoms. The van der Waals surface area contributed by atoms with Crippen molar-refractivity contribution < 1.29 is 29.3 Å². The Hall–Kier alpha value is -0.830. The molecule has 0 bridgehead atoms. The quantitative estimate of drug-likeness (QED) is 0.246. The zero-order valence-corrected chi connectivity index (χ0v) is 16.3. The van der Waals surface area contributed by atoms with Gasteiger partial charge in [-0.25, -0.2) is 0 Å². The van der Waals surface area contributed by atoms with Crippen molar-refractivity contribution >= 4 is 16.1 Å². The number of amides is 1. The van der Waals surface area contributed by atoms with E-state index in [0.29, 0.717) is 31.9 Å². The van der Waals surface area contributed by atoms with E-state index in [2.05, 4.69) is 0 Å². The molecule has 0 aromatic carbocycles. The summed E-state index contributed by atoms with van der Waals surface area (Å²) in [7, 11) is -7.64. The minimum Gasteiger partial charge on any atom is -0.396 e. The van der Waals surface area contributed by atoms with Gasteiger partial charge in [-0.2, -0.15) is 0 Å². The van der Waals surface area contributed by atoms with Gasteiger partial charge in [-0.1, -0.05) is 57.6 Å². The molecule has 9 heteroatoms. The molecule has 0 aromatic heterocycles. The summed E-state index contributed by atoms with van der Waals surface area (Å²) in [6, 6.07) is 0. The Morgan fingerprint density at radius 2 is 1.42 bits per heavy atom. The second kappa shape index (κ2) is 10.5. The van der Waals surface area contributed by atoms with E-state index >= 15 is 0 Å². The van der Waals surface area contributed by atoms with Gasteiger partial charge < -0.3 is 10.0 Å². The van der Waals surface area contributed by atoms with Crippen LogP contribution in [-0.4, -0.2) is 36.1 Å². The number of unbranched alkanes of at least 4 members (excludes halogenated alkanes) is 8. The Morgan fingerprint density at radius 1 is 0.885 bits per heavy atom. The first-order valence-electron chi connectivity index (χ1n) is 9.11. The molecular weight excluding hydrogens is 377 g/mol. The predicted molar refractivity (Wildman–Crippen MR) is 97.8 cm³/mol. The van der Waals surface area contributed by atoms with E-state index in [1.54, 1.807) is 11.9 Å². The minimum absolute atomic E-state index is 0.0243. The van der Waals surface area contributed by atoms with Crippen molar-refractivity contribution in [1.82, 2.24) is 4.90 Å². The van der Waals surface area contributed by atoms with Crippen LogP contribution >= 0.6 is 10.2 Å². The summed E-state index contributed by atoms with van der Waals surface area (Å²) in [6.45, 7) is 0.893. The molecule has 0 heterocycles. The lowest BCUT2D eigenvalue weighted by atomic mass is 10.1. The molecular formula is C17H32F5NO2S. The molecule has 0 rings (SSSR count). The Kier molecular flexibility index (Phi) is 10.2. The zero-order valence-electron chi connectivity index (χ0n) is 15.4. The number of halogens is 5. The van der Waals surface area contributed by atoms with Gasteiger partial charge in [-0.05, 0) is 32.1 Å². The van der Waals surface area contributed by atoms with Gasteiger partial charge >= 0.3 is 10.2 Å². The molecule has 0 aliphatic carbocycles. The first kappa shape index (κ1) is 25.2. The number of hydrogen-bond acceptors (Lipinski definition) is 2. The van der Waals surface area contributed by atoms with E-state index in [1.165, 1.54) is 0 Å². The molecule has 0 aliphatic heterocycles. The fraction of sp³-hybridized carbons (Fsp3) is 0.824. The van der Waals surface area contributed by atoms with Crippen LogP contribution < -0.4 is 0 Å². The maximum Gasteiger partial charge on any atom is 0.304 e. The topological polar surface area (TPSA) is 40.5 Å². The third-order valence-electron chi connectivity index (χ3n) is 3.94. The fourth-order valence-electron chi connectivity index (χ4n) is 2.45. The van der Waals surface area contributed by atoms with Crippen LogP contribution in [0.3, 0.4) is 0 Å². The van der Waals surface area contributed by atoms with Crippen molar-refractivity contribution in [1.29, 1.82) is 0 Å². The van der Waals surface area contributed by atoms with Crippen molar-refractivity contribution in [3.63, 3.8) is 0 Å². The molecule has 3 nitrogen and oxygen atoms in total. The number of aliphatic hydroxyl groups is 1. The van der Waals surface area contributed by atoms with Gasteiger partial charge in [0.25, 0.3) is 0 Å². The molecule has 0 saturated carbocycles. The van der Waals surface area contributed by atoms with E-state index in [0.717, 1.165) is 44.9 Å². The average molecular weight is 410 g/mol. The van der Waals surface area contributed by atoms with Gasteiger partial charge in [0.15, 0.2) is 0 Å². The van der Waals surface area contributed by atoms with E-state index in [1.807, 2.05) is 0 Å². The average Bonchev–Trinajstić information content (AvgIpc) is 2.50. The largest absolute Gasteiger partial charge is 0.396 e. The zero-order chi connectivity index (χ0) is 20.2. The third kappa shape index (κ3) is 18.0. The highest BCUT2D eigenvalue weighted by Crippen LogP contribution is 2.98. The van der Waals surface area contributed by atoms with Gasteiger partial charge in [0.2, 0.25) is 5.91 Å². The van der Waals surface area contributed by atoms with Crippen LogP contribution in [-0.2, 0) is 4.79 Å². The highest BCUT2D eigenvalue weighted by Gasteiger charge is 2.60. The molecule has 26 heavy (non-hydrogen) atoms. The number of carbonyl (C=O) groups is 1. The first-order chi connectivity index (χ1) is 11.8. The lowest BCUT2D eigenvalue weighted by molar-refractivity contribution is -0.130. The summed E-state index contributed by atoms with van der Waals surface area (Å²) in [4.78, 5) is 13.6. The van der Waals surface area contributed by atoms with Crippen LogP contribution in [0.4, 0.5) is 19.4 Å². The Labute approximate surface area is 153 Å². The molecule has 0 unspecified atom stereocenters. The summed E-state index contributed by atoms with van der Waals surface area (Å²) < 4.78 is 60.2. The number of hydrogen-bond donors (Lipinski definition) is 1. The second-order valence-electron chi connectivity index (χ2n) is 6.66. The van der Waals surface area contributed by atoms with Gasteiger partial charge in [0.05, 0.1) is 5.41 Å². The molecule has 0 saturated heterocycles. The van der Waals surface area contributed by atoms with Crippen LogP contribution in [0.5, 0.6) is 0 Å². The maximum absolute atomic E-state index is 12.0. The van der Waals surface area contributed by atoms with Gasteiger partial charge in [0.1, 0.15) is 0 Å². The Bertz CT molecular complexity index is 439. The number of carbonyl (C=O) groups excluding carboxylic acids is 1. The van der Waals surface area contributed by atoms with E-state index < -0.39 is 15.6 Å². The molecule has 0 radical (unpaired) electrons. The summed E-state index contributed by atoms with van der Waals surface area (Å²) in [6.07, 6.45) is 7.90. The summed E-state index contributed by atoms with van der Waals surface area (Å²) in [5.41, 5.74) is 0. The molecule has 158 valence electrons. The Morgan fingerprint density at radius 3 is 2.04 bits per heavy atom. The van der Waals surface area contributed by atoms with Crippen molar-refractivity contribution in [2.75, 3.05) is 20.2 Å². The molecule has 1 N–H and O–H groups in total. The first-order valence-corrected chi connectivity index (χ1v) is 11.1. The van der Waals surface area contributed by atoms with Crippen molar-refractivity contribution in [3.8, 4) is 0 Å². The van der Waals surface area contributed by atoms with E-state index in [4.69, 9.17) is 5.11 Å². The van der Waals surface area contributed by atoms with Crippen LogP contribution in [0.25, 0.3) is 0 Å². The summed E-state index contributed by atoms with van der Waals surface area (Å²) in [5.74, 6) is 0.0750. The highest BCUT2D eigenvalue weighted by atomic mass is 32.5. The van der Waals surface area contributed by atoms with E-state index in [9.17, 15) is 24.2 Å². The van der Waals surface area contributed by atoms with Crippen LogP contribution in [0, 0.1) is 0 Å². The lowest BCUT2D eigenvalue weighted by Gasteiger charge is -2.36. The molecule has 0 aliphatic rings. The molecule has 0 fully saturated rings. The summed E-state index contributed by atoms with van der Waals surface area (Å²) in [5, 5.41) is 7.80. The standard InChI is InChI=1S/C17H32F5NO2S/c1-23(14-10-6-7-11-15-24)17(25)13-9-5-3-2-4-8-12-16-26(18,19,20,21)22/h12,16,24H,2-11,13-15H2,1H3/b16-12+. The molecule has 0 aromatic rings. The normalized spacial score (nSPS) is 15.0. The number of nitrogens with zero attached hydrogens (tertiary/aromatic N) is 1. The minimum atomic E-state index is -9.40. The van der Waals surface area contributed by atoms with Crippen molar-refractivity contribution in [2.45, 2.75) is 70.6 Å².